The molecule has 1 fully saturated rings. The van der Waals surface area contributed by atoms with Crippen LogP contribution in [0.5, 0.6) is 0 Å². The summed E-state index contributed by atoms with van der Waals surface area (Å²) in [5, 5.41) is 5.42. The van der Waals surface area contributed by atoms with Crippen LogP contribution in [0.15, 0.2) is 54.7 Å². The number of aryl methyl sites for hydroxylation is 1. The first-order chi connectivity index (χ1) is 13.2. The van der Waals surface area contributed by atoms with E-state index in [4.69, 9.17) is 11.6 Å². The third kappa shape index (κ3) is 4.15. The molecule has 140 valence electrons. The van der Waals surface area contributed by atoms with Gasteiger partial charge in [-0.2, -0.15) is 5.10 Å². The molecule has 0 bridgehead atoms. The average Bonchev–Trinajstić information content (AvgIpc) is 2.97. The van der Waals surface area contributed by atoms with Crippen LogP contribution in [0.3, 0.4) is 0 Å². The van der Waals surface area contributed by atoms with Crippen LogP contribution in [0.4, 0.5) is 5.82 Å². The van der Waals surface area contributed by atoms with Gasteiger partial charge in [0.05, 0.1) is 12.2 Å². The van der Waals surface area contributed by atoms with Crippen LogP contribution >= 0.6 is 11.6 Å². The molecule has 6 heteroatoms. The summed E-state index contributed by atoms with van der Waals surface area (Å²) >= 11 is 6.68. The van der Waals surface area contributed by atoms with Crippen molar-refractivity contribution >= 4 is 17.4 Å². The van der Waals surface area contributed by atoms with Gasteiger partial charge in [0.15, 0.2) is 0 Å². The fourth-order valence-corrected chi connectivity index (χ4v) is 3.82. The number of anilines is 1. The van der Waals surface area contributed by atoms with Crippen molar-refractivity contribution in [1.29, 1.82) is 0 Å². The minimum atomic E-state index is 0.702. The molecule has 1 aliphatic rings. The summed E-state index contributed by atoms with van der Waals surface area (Å²) in [5.41, 5.74) is 3.36. The summed E-state index contributed by atoms with van der Waals surface area (Å²) in [4.78, 5) is 9.24. The Bertz CT molecular complexity index is 870. The van der Waals surface area contributed by atoms with Crippen molar-refractivity contribution in [2.24, 2.45) is 0 Å². The molecule has 0 N–H and O–H groups in total. The molecule has 3 aromatic rings. The van der Waals surface area contributed by atoms with E-state index in [0.29, 0.717) is 6.54 Å². The maximum absolute atomic E-state index is 6.68. The van der Waals surface area contributed by atoms with E-state index in [1.165, 1.54) is 5.56 Å². The first kappa shape index (κ1) is 18.0. The molecular weight excluding hydrogens is 358 g/mol. The van der Waals surface area contributed by atoms with Gasteiger partial charge in [-0.25, -0.2) is 9.67 Å². The molecule has 1 aliphatic heterocycles. The van der Waals surface area contributed by atoms with E-state index in [1.807, 2.05) is 48.1 Å². The SMILES string of the molecule is Cc1nn(Cc2ccccc2)c(Cl)c1CN1CCN(c2ccccn2)CC1. The minimum absolute atomic E-state index is 0.702. The van der Waals surface area contributed by atoms with Crippen LogP contribution in [-0.2, 0) is 13.1 Å². The zero-order valence-electron chi connectivity index (χ0n) is 15.6. The van der Waals surface area contributed by atoms with Crippen LogP contribution in [0.25, 0.3) is 0 Å². The molecule has 0 atom stereocenters. The number of aromatic nitrogens is 3. The topological polar surface area (TPSA) is 37.2 Å². The molecule has 0 unspecified atom stereocenters. The molecule has 5 nitrogen and oxygen atoms in total. The van der Waals surface area contributed by atoms with Crippen molar-refractivity contribution in [2.75, 3.05) is 31.1 Å². The quantitative estimate of drug-likeness (QED) is 0.676. The lowest BCUT2D eigenvalue weighted by molar-refractivity contribution is 0.249. The summed E-state index contributed by atoms with van der Waals surface area (Å²) in [5.74, 6) is 1.06. The number of halogens is 1. The highest BCUT2D eigenvalue weighted by Crippen LogP contribution is 2.23. The Hall–Kier alpha value is -2.37. The van der Waals surface area contributed by atoms with Crippen LogP contribution in [0, 0.1) is 6.92 Å². The van der Waals surface area contributed by atoms with Gasteiger partial charge in [-0.1, -0.05) is 48.0 Å². The zero-order valence-corrected chi connectivity index (χ0v) is 16.3. The van der Waals surface area contributed by atoms with Crippen molar-refractivity contribution in [3.63, 3.8) is 0 Å². The first-order valence-corrected chi connectivity index (χ1v) is 9.72. The molecule has 1 saturated heterocycles. The second kappa shape index (κ2) is 8.11. The summed E-state index contributed by atoms with van der Waals surface area (Å²) in [6, 6.07) is 16.4. The second-order valence-corrected chi connectivity index (χ2v) is 7.31. The molecule has 0 aliphatic carbocycles. The van der Waals surface area contributed by atoms with Crippen molar-refractivity contribution in [3.05, 3.63) is 76.7 Å². The Labute approximate surface area is 165 Å². The van der Waals surface area contributed by atoms with E-state index in [0.717, 1.165) is 55.0 Å². The lowest BCUT2D eigenvalue weighted by Crippen LogP contribution is -2.46. The monoisotopic (exact) mass is 381 g/mol. The molecule has 4 rings (SSSR count). The van der Waals surface area contributed by atoms with Gasteiger partial charge in [0.1, 0.15) is 11.0 Å². The number of rotatable bonds is 5. The van der Waals surface area contributed by atoms with Gasteiger partial charge in [-0.3, -0.25) is 4.90 Å². The summed E-state index contributed by atoms with van der Waals surface area (Å²) < 4.78 is 1.91. The third-order valence-electron chi connectivity index (χ3n) is 5.09. The Morgan fingerprint density at radius 3 is 2.37 bits per heavy atom. The Balaban J connectivity index is 1.40. The van der Waals surface area contributed by atoms with Gasteiger partial charge >= 0.3 is 0 Å². The van der Waals surface area contributed by atoms with E-state index in [1.54, 1.807) is 0 Å². The van der Waals surface area contributed by atoms with Gasteiger partial charge in [0, 0.05) is 44.5 Å². The highest BCUT2D eigenvalue weighted by atomic mass is 35.5. The van der Waals surface area contributed by atoms with Gasteiger partial charge in [-0.15, -0.1) is 0 Å². The summed E-state index contributed by atoms with van der Waals surface area (Å²) in [6.07, 6.45) is 1.85. The maximum atomic E-state index is 6.68. The Morgan fingerprint density at radius 1 is 0.926 bits per heavy atom. The van der Waals surface area contributed by atoms with E-state index in [2.05, 4.69) is 38.1 Å². The number of hydrogen-bond donors (Lipinski definition) is 0. The van der Waals surface area contributed by atoms with Crippen molar-refractivity contribution in [3.8, 4) is 0 Å². The fourth-order valence-electron chi connectivity index (χ4n) is 3.53. The minimum Gasteiger partial charge on any atom is -0.354 e. The second-order valence-electron chi connectivity index (χ2n) is 6.95. The molecule has 0 spiro atoms. The lowest BCUT2D eigenvalue weighted by Gasteiger charge is -2.35. The standard InChI is InChI=1S/C21H24ClN5/c1-17-19(21(22)27(24-17)15-18-7-3-2-4-8-18)16-25-11-13-26(14-12-25)20-9-5-6-10-23-20/h2-10H,11-16H2,1H3. The molecule has 27 heavy (non-hydrogen) atoms. The van der Waals surface area contributed by atoms with Crippen LogP contribution in [0.2, 0.25) is 5.15 Å². The zero-order chi connectivity index (χ0) is 18.6. The smallest absolute Gasteiger partial charge is 0.132 e. The Morgan fingerprint density at radius 2 is 1.67 bits per heavy atom. The molecule has 1 aromatic carbocycles. The first-order valence-electron chi connectivity index (χ1n) is 9.35. The van der Waals surface area contributed by atoms with E-state index >= 15 is 0 Å². The number of benzene rings is 1. The average molecular weight is 382 g/mol. The van der Waals surface area contributed by atoms with Gasteiger partial charge < -0.3 is 4.90 Å². The lowest BCUT2D eigenvalue weighted by atomic mass is 10.2. The van der Waals surface area contributed by atoms with Crippen LogP contribution < -0.4 is 4.90 Å². The largest absolute Gasteiger partial charge is 0.354 e. The molecular formula is C21H24ClN5. The van der Waals surface area contributed by atoms with Crippen molar-refractivity contribution in [1.82, 2.24) is 19.7 Å². The maximum Gasteiger partial charge on any atom is 0.132 e. The van der Waals surface area contributed by atoms with Gasteiger partial charge in [0.2, 0.25) is 0 Å². The number of hydrogen-bond acceptors (Lipinski definition) is 4. The third-order valence-corrected chi connectivity index (χ3v) is 5.51. The van der Waals surface area contributed by atoms with E-state index in [9.17, 15) is 0 Å². The molecule has 0 amide bonds. The number of pyridine rings is 1. The number of piperazine rings is 1. The van der Waals surface area contributed by atoms with Gasteiger partial charge in [0.25, 0.3) is 0 Å². The fraction of sp³-hybridized carbons (Fsp3) is 0.333. The normalized spacial score (nSPS) is 15.3. The summed E-state index contributed by atoms with van der Waals surface area (Å²) in [6.45, 7) is 7.54. The van der Waals surface area contributed by atoms with Crippen molar-refractivity contribution < 1.29 is 0 Å². The highest BCUT2D eigenvalue weighted by Gasteiger charge is 2.21. The highest BCUT2D eigenvalue weighted by molar-refractivity contribution is 6.30. The van der Waals surface area contributed by atoms with Crippen molar-refractivity contribution in [2.45, 2.75) is 20.0 Å². The van der Waals surface area contributed by atoms with Crippen LogP contribution in [0.1, 0.15) is 16.8 Å². The number of nitrogens with zero attached hydrogens (tertiary/aromatic N) is 5. The molecule has 0 saturated carbocycles. The van der Waals surface area contributed by atoms with E-state index < -0.39 is 0 Å². The summed E-state index contributed by atoms with van der Waals surface area (Å²) in [7, 11) is 0. The predicted octanol–water partition coefficient (Wildman–Crippen LogP) is 3.61. The molecule has 2 aromatic heterocycles. The van der Waals surface area contributed by atoms with Gasteiger partial charge in [-0.05, 0) is 24.6 Å². The van der Waals surface area contributed by atoms with Crippen LogP contribution in [-0.4, -0.2) is 45.8 Å². The van der Waals surface area contributed by atoms with E-state index in [-0.39, 0.29) is 0 Å². The molecule has 0 radical (unpaired) electrons. The Kier molecular flexibility index (Phi) is 5.41. The predicted molar refractivity (Wildman–Crippen MR) is 109 cm³/mol. The molecule has 3 heterocycles.